The van der Waals surface area contributed by atoms with Gasteiger partial charge in [-0.1, -0.05) is 0 Å². The van der Waals surface area contributed by atoms with Crippen LogP contribution in [0.4, 0.5) is 4.39 Å². The lowest BCUT2D eigenvalue weighted by Gasteiger charge is -2.12. The minimum atomic E-state index is -0.342. The molecule has 0 aliphatic carbocycles. The van der Waals surface area contributed by atoms with Gasteiger partial charge in [0.15, 0.2) is 0 Å². The van der Waals surface area contributed by atoms with Crippen LogP contribution in [0, 0.1) is 5.82 Å². The lowest BCUT2D eigenvalue weighted by atomic mass is 9.96. The molecule has 2 rings (SSSR count). The number of hydrogen-bond donors (Lipinski definition) is 1. The first-order valence-corrected chi connectivity index (χ1v) is 4.83. The Bertz CT molecular complexity index is 392. The van der Waals surface area contributed by atoms with Crippen molar-refractivity contribution in [3.63, 3.8) is 0 Å². The highest BCUT2D eigenvalue weighted by Gasteiger charge is 2.28. The van der Waals surface area contributed by atoms with Crippen LogP contribution >= 0.6 is 0 Å². The number of carbonyl (C=O) groups excluding carboxylic acids is 1. The zero-order valence-electron chi connectivity index (χ0n) is 8.42. The predicted molar refractivity (Wildman–Crippen MR) is 53.3 cm³/mol. The Labute approximate surface area is 87.2 Å². The molecule has 1 heterocycles. The van der Waals surface area contributed by atoms with Crippen molar-refractivity contribution in [3.05, 3.63) is 29.6 Å². The van der Waals surface area contributed by atoms with Gasteiger partial charge in [0.2, 0.25) is 5.91 Å². The molecule has 1 fully saturated rings. The Hall–Kier alpha value is -1.58. The van der Waals surface area contributed by atoms with Gasteiger partial charge in [0, 0.05) is 12.1 Å². The minimum Gasteiger partial charge on any atom is -0.496 e. The second kappa shape index (κ2) is 3.88. The summed E-state index contributed by atoms with van der Waals surface area (Å²) in [6.45, 7) is 0.642. The molecule has 1 aromatic carbocycles. The molecule has 1 aliphatic rings. The fraction of sp³-hybridized carbons (Fsp3) is 0.364. The van der Waals surface area contributed by atoms with Crippen LogP contribution in [-0.2, 0) is 4.79 Å². The third-order valence-corrected chi connectivity index (χ3v) is 2.62. The van der Waals surface area contributed by atoms with Gasteiger partial charge in [-0.15, -0.1) is 0 Å². The largest absolute Gasteiger partial charge is 0.496 e. The van der Waals surface area contributed by atoms with Gasteiger partial charge < -0.3 is 10.1 Å². The molecule has 1 aromatic rings. The smallest absolute Gasteiger partial charge is 0.227 e. The zero-order valence-corrected chi connectivity index (χ0v) is 8.42. The third-order valence-electron chi connectivity index (χ3n) is 2.62. The Morgan fingerprint density at radius 2 is 2.33 bits per heavy atom. The molecule has 80 valence electrons. The number of ether oxygens (including phenoxy) is 1. The molecule has 0 radical (unpaired) electrons. The van der Waals surface area contributed by atoms with Gasteiger partial charge in [0.05, 0.1) is 13.0 Å². The summed E-state index contributed by atoms with van der Waals surface area (Å²) in [5.74, 6) is -0.112. The first-order valence-electron chi connectivity index (χ1n) is 4.83. The van der Waals surface area contributed by atoms with Crippen LogP contribution < -0.4 is 10.1 Å². The number of nitrogens with one attached hydrogen (secondary N) is 1. The highest BCUT2D eigenvalue weighted by molar-refractivity contribution is 5.86. The van der Waals surface area contributed by atoms with Gasteiger partial charge >= 0.3 is 0 Å². The SMILES string of the molecule is COc1ccc(F)cc1C1CCNC1=O. The van der Waals surface area contributed by atoms with E-state index in [1.807, 2.05) is 0 Å². The number of amides is 1. The standard InChI is InChI=1S/C11H12FNO2/c1-15-10-3-2-7(12)6-9(10)8-4-5-13-11(8)14/h2-3,6,8H,4-5H2,1H3,(H,13,14). The number of benzene rings is 1. The highest BCUT2D eigenvalue weighted by atomic mass is 19.1. The van der Waals surface area contributed by atoms with Crippen LogP contribution in [0.25, 0.3) is 0 Å². The zero-order chi connectivity index (χ0) is 10.8. The summed E-state index contributed by atoms with van der Waals surface area (Å²) in [4.78, 5) is 11.5. The Morgan fingerprint density at radius 3 is 2.93 bits per heavy atom. The molecule has 0 spiro atoms. The fourth-order valence-electron chi connectivity index (χ4n) is 1.87. The summed E-state index contributed by atoms with van der Waals surface area (Å²) in [5, 5.41) is 2.72. The van der Waals surface area contributed by atoms with Crippen molar-refractivity contribution in [2.45, 2.75) is 12.3 Å². The van der Waals surface area contributed by atoms with Crippen LogP contribution in [-0.4, -0.2) is 19.6 Å². The normalized spacial score (nSPS) is 20.1. The van der Waals surface area contributed by atoms with Gasteiger partial charge in [-0.3, -0.25) is 4.79 Å². The first-order chi connectivity index (χ1) is 7.22. The molecular weight excluding hydrogens is 197 g/mol. The summed E-state index contributed by atoms with van der Waals surface area (Å²) >= 11 is 0. The van der Waals surface area contributed by atoms with Crippen molar-refractivity contribution < 1.29 is 13.9 Å². The molecule has 1 atom stereocenters. The topological polar surface area (TPSA) is 38.3 Å². The van der Waals surface area contributed by atoms with Crippen molar-refractivity contribution in [1.82, 2.24) is 5.32 Å². The highest BCUT2D eigenvalue weighted by Crippen LogP contribution is 2.31. The van der Waals surface area contributed by atoms with E-state index in [0.29, 0.717) is 24.3 Å². The Balaban J connectivity index is 2.40. The van der Waals surface area contributed by atoms with E-state index in [1.165, 1.54) is 19.2 Å². The average Bonchev–Trinajstić information content (AvgIpc) is 2.64. The third kappa shape index (κ3) is 1.79. The average molecular weight is 209 g/mol. The molecular formula is C11H12FNO2. The van der Waals surface area contributed by atoms with Crippen molar-refractivity contribution in [1.29, 1.82) is 0 Å². The summed E-state index contributed by atoms with van der Waals surface area (Å²) in [5.41, 5.74) is 0.632. The summed E-state index contributed by atoms with van der Waals surface area (Å²) in [7, 11) is 1.52. The van der Waals surface area contributed by atoms with E-state index in [-0.39, 0.29) is 17.6 Å². The van der Waals surface area contributed by atoms with Crippen LogP contribution in [0.15, 0.2) is 18.2 Å². The van der Waals surface area contributed by atoms with E-state index < -0.39 is 0 Å². The molecule has 15 heavy (non-hydrogen) atoms. The van der Waals surface area contributed by atoms with E-state index in [2.05, 4.69) is 5.32 Å². The number of carbonyl (C=O) groups is 1. The van der Waals surface area contributed by atoms with Crippen LogP contribution in [0.3, 0.4) is 0 Å². The quantitative estimate of drug-likeness (QED) is 0.800. The van der Waals surface area contributed by atoms with Gasteiger partial charge in [-0.25, -0.2) is 4.39 Å². The molecule has 1 N–H and O–H groups in total. The Kier molecular flexibility index (Phi) is 2.58. The molecule has 3 nitrogen and oxygen atoms in total. The first kappa shape index (κ1) is 9.96. The van der Waals surface area contributed by atoms with E-state index in [0.717, 1.165) is 0 Å². The van der Waals surface area contributed by atoms with Crippen molar-refractivity contribution in [2.75, 3.05) is 13.7 Å². The number of rotatable bonds is 2. The van der Waals surface area contributed by atoms with Crippen molar-refractivity contribution >= 4 is 5.91 Å². The van der Waals surface area contributed by atoms with Gasteiger partial charge in [0.1, 0.15) is 11.6 Å². The summed E-state index contributed by atoms with van der Waals surface area (Å²) in [6, 6.07) is 4.25. The molecule has 1 unspecified atom stereocenters. The molecule has 1 saturated heterocycles. The van der Waals surface area contributed by atoms with E-state index in [9.17, 15) is 9.18 Å². The van der Waals surface area contributed by atoms with Gasteiger partial charge in [0.25, 0.3) is 0 Å². The lowest BCUT2D eigenvalue weighted by Crippen LogP contribution is -2.18. The predicted octanol–water partition coefficient (Wildman–Crippen LogP) is 1.44. The maximum Gasteiger partial charge on any atom is 0.227 e. The van der Waals surface area contributed by atoms with Gasteiger partial charge in [-0.05, 0) is 24.6 Å². The minimum absolute atomic E-state index is 0.0566. The van der Waals surface area contributed by atoms with E-state index in [1.54, 1.807) is 6.07 Å². The monoisotopic (exact) mass is 209 g/mol. The maximum atomic E-state index is 13.1. The second-order valence-electron chi connectivity index (χ2n) is 3.52. The molecule has 4 heteroatoms. The molecule has 0 saturated carbocycles. The maximum absolute atomic E-state index is 13.1. The molecule has 1 aliphatic heterocycles. The van der Waals surface area contributed by atoms with Crippen LogP contribution in [0.5, 0.6) is 5.75 Å². The molecule has 1 amide bonds. The van der Waals surface area contributed by atoms with Gasteiger partial charge in [-0.2, -0.15) is 0 Å². The van der Waals surface area contributed by atoms with E-state index >= 15 is 0 Å². The number of hydrogen-bond acceptors (Lipinski definition) is 2. The number of methoxy groups -OCH3 is 1. The molecule has 0 bridgehead atoms. The van der Waals surface area contributed by atoms with Crippen molar-refractivity contribution in [3.8, 4) is 5.75 Å². The Morgan fingerprint density at radius 1 is 1.53 bits per heavy atom. The summed E-state index contributed by atoms with van der Waals surface area (Å²) in [6.07, 6.45) is 0.693. The number of halogens is 1. The van der Waals surface area contributed by atoms with Crippen molar-refractivity contribution in [2.24, 2.45) is 0 Å². The van der Waals surface area contributed by atoms with Crippen LogP contribution in [0.2, 0.25) is 0 Å². The van der Waals surface area contributed by atoms with E-state index in [4.69, 9.17) is 4.74 Å². The van der Waals surface area contributed by atoms with Crippen LogP contribution in [0.1, 0.15) is 17.9 Å². The second-order valence-corrected chi connectivity index (χ2v) is 3.52. The summed E-state index contributed by atoms with van der Waals surface area (Å²) < 4.78 is 18.2. The lowest BCUT2D eigenvalue weighted by molar-refractivity contribution is -0.120. The molecule has 0 aromatic heterocycles. The fourth-order valence-corrected chi connectivity index (χ4v) is 1.87.